The van der Waals surface area contributed by atoms with Gasteiger partial charge in [0.25, 0.3) is 5.56 Å². The van der Waals surface area contributed by atoms with Crippen LogP contribution in [0.15, 0.2) is 28.2 Å². The summed E-state index contributed by atoms with van der Waals surface area (Å²) in [5.74, 6) is -0.0621. The van der Waals surface area contributed by atoms with Gasteiger partial charge in [-0.25, -0.2) is 4.98 Å². The Balaban J connectivity index is 1.78. The minimum Gasteiger partial charge on any atom is -0.324 e. The van der Waals surface area contributed by atoms with Gasteiger partial charge >= 0.3 is 0 Å². The Morgan fingerprint density at radius 1 is 1.35 bits per heavy atom. The van der Waals surface area contributed by atoms with E-state index in [9.17, 15) is 9.59 Å². The van der Waals surface area contributed by atoms with Gasteiger partial charge in [-0.15, -0.1) is 11.3 Å². The molecule has 0 aliphatic heterocycles. The van der Waals surface area contributed by atoms with Gasteiger partial charge in [0.1, 0.15) is 4.83 Å². The quantitative estimate of drug-likeness (QED) is 0.517. The molecular weight excluding hydrogens is 390 g/mol. The van der Waals surface area contributed by atoms with Crippen LogP contribution in [0, 0.1) is 20.8 Å². The number of anilines is 1. The van der Waals surface area contributed by atoms with Crippen LogP contribution in [0.4, 0.5) is 5.69 Å². The van der Waals surface area contributed by atoms with Crippen LogP contribution in [0.1, 0.15) is 16.0 Å². The summed E-state index contributed by atoms with van der Waals surface area (Å²) >= 11 is 8.87. The van der Waals surface area contributed by atoms with Crippen LogP contribution in [-0.2, 0) is 11.8 Å². The van der Waals surface area contributed by atoms with Crippen LogP contribution in [0.3, 0.4) is 0 Å². The highest BCUT2D eigenvalue weighted by Crippen LogP contribution is 2.28. The molecule has 0 spiro atoms. The van der Waals surface area contributed by atoms with Crippen LogP contribution in [0.25, 0.3) is 10.2 Å². The van der Waals surface area contributed by atoms with E-state index in [1.165, 1.54) is 27.7 Å². The lowest BCUT2D eigenvalue weighted by atomic mass is 10.2. The van der Waals surface area contributed by atoms with Gasteiger partial charge in [0.05, 0.1) is 21.8 Å². The molecule has 1 amide bonds. The molecule has 0 aliphatic rings. The number of aromatic nitrogens is 2. The van der Waals surface area contributed by atoms with Gasteiger partial charge in [-0.2, -0.15) is 0 Å². The number of carbonyl (C=O) groups excluding carboxylic acids is 1. The first-order chi connectivity index (χ1) is 12.3. The predicted octanol–water partition coefficient (Wildman–Crippen LogP) is 4.30. The molecule has 0 aliphatic carbocycles. The normalized spacial score (nSPS) is 11.1. The Morgan fingerprint density at radius 2 is 2.08 bits per heavy atom. The number of carbonyl (C=O) groups is 1. The number of nitrogens with zero attached hydrogens (tertiary/aromatic N) is 2. The number of hydrogen-bond donors (Lipinski definition) is 1. The molecular formula is C18H18ClN3O2S2. The molecule has 1 aromatic carbocycles. The molecule has 0 unspecified atom stereocenters. The maximum Gasteiger partial charge on any atom is 0.262 e. The van der Waals surface area contributed by atoms with Crippen molar-refractivity contribution in [1.29, 1.82) is 0 Å². The molecule has 0 saturated carbocycles. The zero-order chi connectivity index (χ0) is 19.0. The lowest BCUT2D eigenvalue weighted by molar-refractivity contribution is -0.113. The lowest BCUT2D eigenvalue weighted by Crippen LogP contribution is -2.21. The third kappa shape index (κ3) is 3.65. The maximum atomic E-state index is 12.6. The van der Waals surface area contributed by atoms with Crippen molar-refractivity contribution in [2.24, 2.45) is 7.05 Å². The van der Waals surface area contributed by atoms with Gasteiger partial charge < -0.3 is 5.32 Å². The summed E-state index contributed by atoms with van der Waals surface area (Å²) in [6.45, 7) is 5.85. The fraction of sp³-hybridized carbons (Fsp3) is 0.278. The van der Waals surface area contributed by atoms with Crippen LogP contribution >= 0.6 is 34.7 Å². The number of hydrogen-bond acceptors (Lipinski definition) is 5. The molecule has 0 fully saturated rings. The highest BCUT2D eigenvalue weighted by atomic mass is 35.5. The average molecular weight is 408 g/mol. The monoisotopic (exact) mass is 407 g/mol. The number of halogens is 1. The van der Waals surface area contributed by atoms with Gasteiger partial charge in [-0.1, -0.05) is 29.4 Å². The van der Waals surface area contributed by atoms with E-state index in [0.717, 1.165) is 16.0 Å². The van der Waals surface area contributed by atoms with Crippen LogP contribution in [-0.4, -0.2) is 21.2 Å². The highest BCUT2D eigenvalue weighted by molar-refractivity contribution is 7.99. The van der Waals surface area contributed by atoms with Crippen LogP contribution < -0.4 is 10.9 Å². The van der Waals surface area contributed by atoms with Gasteiger partial charge in [-0.05, 0) is 44.0 Å². The molecule has 2 heterocycles. The lowest BCUT2D eigenvalue weighted by Gasteiger charge is -2.09. The maximum absolute atomic E-state index is 12.6. The van der Waals surface area contributed by atoms with E-state index in [1.807, 2.05) is 26.8 Å². The van der Waals surface area contributed by atoms with E-state index in [-0.39, 0.29) is 17.2 Å². The van der Waals surface area contributed by atoms with Crippen molar-refractivity contribution in [1.82, 2.24) is 9.55 Å². The van der Waals surface area contributed by atoms with Crippen LogP contribution in [0.2, 0.25) is 5.02 Å². The topological polar surface area (TPSA) is 64.0 Å². The second-order valence-corrected chi connectivity index (χ2v) is 8.59. The number of rotatable bonds is 4. The zero-order valence-electron chi connectivity index (χ0n) is 14.8. The summed E-state index contributed by atoms with van der Waals surface area (Å²) in [4.78, 5) is 31.2. The van der Waals surface area contributed by atoms with Gasteiger partial charge in [0, 0.05) is 11.9 Å². The molecule has 0 radical (unpaired) electrons. The standard InChI is InChI=1S/C18H18ClN3O2S2/c1-9-5-6-13(12(19)7-9)20-14(23)8-25-18-21-16-15(17(24)22(18)4)10(2)11(3)26-16/h5-7H,8H2,1-4H3,(H,20,23). The number of thiophene rings is 1. The number of fused-ring (bicyclic) bond motifs is 1. The molecule has 26 heavy (non-hydrogen) atoms. The van der Waals surface area contributed by atoms with Crippen molar-refractivity contribution in [2.75, 3.05) is 11.1 Å². The van der Waals surface area contributed by atoms with Crippen molar-refractivity contribution in [3.63, 3.8) is 0 Å². The minimum absolute atomic E-state index is 0.0821. The van der Waals surface area contributed by atoms with Crippen molar-refractivity contribution >= 4 is 56.5 Å². The van der Waals surface area contributed by atoms with E-state index in [4.69, 9.17) is 11.6 Å². The zero-order valence-corrected chi connectivity index (χ0v) is 17.2. The number of aryl methyl sites for hydroxylation is 3. The average Bonchev–Trinajstić information content (AvgIpc) is 2.86. The number of amides is 1. The van der Waals surface area contributed by atoms with E-state index >= 15 is 0 Å². The highest BCUT2D eigenvalue weighted by Gasteiger charge is 2.16. The number of benzene rings is 1. The third-order valence-corrected chi connectivity index (χ3v) is 6.54. The molecule has 3 rings (SSSR count). The summed E-state index contributed by atoms with van der Waals surface area (Å²) in [5.41, 5.74) is 2.49. The Bertz CT molecular complexity index is 1070. The smallest absolute Gasteiger partial charge is 0.262 e. The second-order valence-electron chi connectivity index (χ2n) is 6.04. The van der Waals surface area contributed by atoms with Crippen molar-refractivity contribution in [3.8, 4) is 0 Å². The van der Waals surface area contributed by atoms with Crippen molar-refractivity contribution in [2.45, 2.75) is 25.9 Å². The Kier molecular flexibility index (Phi) is 5.41. The summed E-state index contributed by atoms with van der Waals surface area (Å²) in [7, 11) is 1.68. The Hall–Kier alpha value is -1.83. The van der Waals surface area contributed by atoms with Crippen LogP contribution in [0.5, 0.6) is 0 Å². The molecule has 2 aromatic heterocycles. The summed E-state index contributed by atoms with van der Waals surface area (Å²) < 4.78 is 1.50. The summed E-state index contributed by atoms with van der Waals surface area (Å²) in [6, 6.07) is 5.46. The first kappa shape index (κ1) is 18.9. The molecule has 136 valence electrons. The van der Waals surface area contributed by atoms with Crippen molar-refractivity contribution in [3.05, 3.63) is 49.6 Å². The Morgan fingerprint density at radius 3 is 2.77 bits per heavy atom. The van der Waals surface area contributed by atoms with Gasteiger partial charge in [-0.3, -0.25) is 14.2 Å². The number of thioether (sulfide) groups is 1. The molecule has 5 nitrogen and oxygen atoms in total. The number of nitrogens with one attached hydrogen (secondary N) is 1. The summed E-state index contributed by atoms with van der Waals surface area (Å²) in [5, 5.41) is 4.47. The minimum atomic E-state index is -0.200. The first-order valence-corrected chi connectivity index (χ1v) is 10.1. The molecule has 1 N–H and O–H groups in total. The largest absolute Gasteiger partial charge is 0.324 e. The molecule has 3 aromatic rings. The molecule has 0 bridgehead atoms. The fourth-order valence-electron chi connectivity index (χ4n) is 2.52. The third-order valence-electron chi connectivity index (χ3n) is 4.10. The molecule has 0 saturated heterocycles. The van der Waals surface area contributed by atoms with Gasteiger partial charge in [0.2, 0.25) is 5.91 Å². The van der Waals surface area contributed by atoms with E-state index in [0.29, 0.717) is 26.1 Å². The summed E-state index contributed by atoms with van der Waals surface area (Å²) in [6.07, 6.45) is 0. The van der Waals surface area contributed by atoms with E-state index in [2.05, 4.69) is 10.3 Å². The predicted molar refractivity (Wildman–Crippen MR) is 110 cm³/mol. The first-order valence-electron chi connectivity index (χ1n) is 7.93. The van der Waals surface area contributed by atoms with Crippen molar-refractivity contribution < 1.29 is 4.79 Å². The fourth-order valence-corrected chi connectivity index (χ4v) is 4.65. The Labute approximate surface area is 164 Å². The van der Waals surface area contributed by atoms with E-state index < -0.39 is 0 Å². The second kappa shape index (κ2) is 7.42. The SMILES string of the molecule is Cc1ccc(NC(=O)CSc2nc3sc(C)c(C)c3c(=O)n2C)c(Cl)c1. The van der Waals surface area contributed by atoms with Gasteiger partial charge in [0.15, 0.2) is 5.16 Å². The van der Waals surface area contributed by atoms with E-state index in [1.54, 1.807) is 19.2 Å². The molecule has 8 heteroatoms. The molecule has 0 atom stereocenters.